The zero-order chi connectivity index (χ0) is 4.50. The predicted molar refractivity (Wildman–Crippen MR) is 33.9 cm³/mol. The molecule has 0 nitrogen and oxygen atoms in total. The van der Waals surface area contributed by atoms with Gasteiger partial charge < -0.3 is 0 Å². The molecule has 0 amide bonds. The normalized spacial score (nSPS) is 11.8. The molecule has 0 N–H and O–H groups in total. The average molecular weight is 180 g/mol. The van der Waals surface area contributed by atoms with Crippen LogP contribution in [0.5, 0.6) is 0 Å². The van der Waals surface area contributed by atoms with E-state index >= 15 is 0 Å². The van der Waals surface area contributed by atoms with E-state index in [4.69, 9.17) is 7.85 Å². The zero-order valence-corrected chi connectivity index (χ0v) is 5.61. The molecule has 2 heteroatoms. The Bertz CT molecular complexity index is 22.4. The first-order chi connectivity index (χ1) is 2.00. The van der Waals surface area contributed by atoms with Gasteiger partial charge >= 0.3 is 0 Å². The molecule has 2 radical (unpaired) electrons. The molecule has 0 atom stereocenters. The van der Waals surface area contributed by atoms with Gasteiger partial charge in [0.05, 0.1) is 7.85 Å². The Labute approximate surface area is 47.9 Å². The molecular formula is C3H6BI. The lowest BCUT2D eigenvalue weighted by molar-refractivity contribution is 1.06. The summed E-state index contributed by atoms with van der Waals surface area (Å²) in [6.45, 7) is 3.90. The molecule has 0 aromatic rings. The quantitative estimate of drug-likeness (QED) is 0.299. The lowest BCUT2D eigenvalue weighted by Gasteiger charge is -2.03. The minimum atomic E-state index is -0.0300. The Kier molecular flexibility index (Phi) is 1.73. The van der Waals surface area contributed by atoms with Crippen LogP contribution in [0, 0.1) is 0 Å². The fourth-order valence-electron chi connectivity index (χ4n) is 0. The maximum absolute atomic E-state index is 5.34. The lowest BCUT2D eigenvalue weighted by Crippen LogP contribution is -2.05. The molecule has 0 aliphatic carbocycles. The van der Waals surface area contributed by atoms with E-state index in [2.05, 4.69) is 22.6 Å². The highest BCUT2D eigenvalue weighted by Crippen LogP contribution is 2.08. The van der Waals surface area contributed by atoms with Gasteiger partial charge in [-0.25, -0.2) is 0 Å². The SMILES string of the molecule is [B]C(C)(C)I. The number of hydrogen-bond acceptors (Lipinski definition) is 0. The van der Waals surface area contributed by atoms with Crippen LogP contribution < -0.4 is 0 Å². The molecule has 0 saturated heterocycles. The van der Waals surface area contributed by atoms with E-state index in [-0.39, 0.29) is 3.32 Å². The van der Waals surface area contributed by atoms with Gasteiger partial charge in [0.2, 0.25) is 0 Å². The second kappa shape index (κ2) is 1.50. The third-order valence-corrected chi connectivity index (χ3v) is 0. The van der Waals surface area contributed by atoms with Gasteiger partial charge in [-0.1, -0.05) is 36.4 Å². The molecule has 28 valence electrons. The van der Waals surface area contributed by atoms with Crippen molar-refractivity contribution in [2.24, 2.45) is 0 Å². The van der Waals surface area contributed by atoms with Crippen molar-refractivity contribution in [3.63, 3.8) is 0 Å². The van der Waals surface area contributed by atoms with E-state index in [0.29, 0.717) is 0 Å². The van der Waals surface area contributed by atoms with Gasteiger partial charge in [-0.2, -0.15) is 0 Å². The molecule has 0 aromatic carbocycles. The Balaban J connectivity index is 3.02. The van der Waals surface area contributed by atoms with Crippen LogP contribution in [0.3, 0.4) is 0 Å². The predicted octanol–water partition coefficient (Wildman–Crippen LogP) is 1.33. The summed E-state index contributed by atoms with van der Waals surface area (Å²) in [5, 5.41) is 0. The summed E-state index contributed by atoms with van der Waals surface area (Å²) in [5.41, 5.74) is 0. The number of rotatable bonds is 0. The summed E-state index contributed by atoms with van der Waals surface area (Å²) in [7, 11) is 5.34. The second-order valence-corrected chi connectivity index (χ2v) is 4.34. The monoisotopic (exact) mass is 180 g/mol. The molecule has 0 rings (SSSR count). The zero-order valence-electron chi connectivity index (χ0n) is 3.46. The Morgan fingerprint density at radius 1 is 1.60 bits per heavy atom. The van der Waals surface area contributed by atoms with E-state index in [9.17, 15) is 0 Å². The third kappa shape index (κ3) is 59.3. The molecule has 0 heterocycles. The fourth-order valence-corrected chi connectivity index (χ4v) is 0. The van der Waals surface area contributed by atoms with Crippen LogP contribution in [0.4, 0.5) is 0 Å². The molecule has 0 fully saturated rings. The molecule has 0 aromatic heterocycles. The van der Waals surface area contributed by atoms with Crippen LogP contribution in [-0.4, -0.2) is 11.2 Å². The number of hydrogen-bond donors (Lipinski definition) is 0. The van der Waals surface area contributed by atoms with Crippen LogP contribution in [0.25, 0.3) is 0 Å². The van der Waals surface area contributed by atoms with Gasteiger partial charge in [0.15, 0.2) is 0 Å². The van der Waals surface area contributed by atoms with Crippen LogP contribution in [-0.2, 0) is 0 Å². The molecule has 0 spiro atoms. The van der Waals surface area contributed by atoms with Gasteiger partial charge in [-0.15, -0.1) is 0 Å². The van der Waals surface area contributed by atoms with Crippen molar-refractivity contribution in [3.8, 4) is 0 Å². The molecule has 0 bridgehead atoms. The van der Waals surface area contributed by atoms with Crippen molar-refractivity contribution in [1.82, 2.24) is 0 Å². The highest BCUT2D eigenvalue weighted by molar-refractivity contribution is 14.1. The largest absolute Gasteiger partial charge is 0.0902 e. The van der Waals surface area contributed by atoms with Crippen molar-refractivity contribution in [2.45, 2.75) is 17.2 Å². The second-order valence-electron chi connectivity index (χ2n) is 1.56. The first kappa shape index (κ1) is 5.79. The number of alkyl halides is 1. The summed E-state index contributed by atoms with van der Waals surface area (Å²) < 4.78 is -0.0300. The molecule has 0 unspecified atom stereocenters. The summed E-state index contributed by atoms with van der Waals surface area (Å²) in [4.78, 5) is 0. The topological polar surface area (TPSA) is 0 Å². The van der Waals surface area contributed by atoms with Crippen molar-refractivity contribution in [1.29, 1.82) is 0 Å². The summed E-state index contributed by atoms with van der Waals surface area (Å²) in [6, 6.07) is 0. The summed E-state index contributed by atoms with van der Waals surface area (Å²) in [5.74, 6) is 0. The summed E-state index contributed by atoms with van der Waals surface area (Å²) >= 11 is 2.16. The van der Waals surface area contributed by atoms with Gasteiger partial charge in [0.25, 0.3) is 0 Å². The van der Waals surface area contributed by atoms with Gasteiger partial charge in [-0.3, -0.25) is 0 Å². The molecule has 5 heavy (non-hydrogen) atoms. The molecule has 0 aliphatic heterocycles. The smallest absolute Gasteiger partial charge is 0.0882 e. The number of halogens is 1. The fraction of sp³-hybridized carbons (Fsp3) is 1.00. The minimum Gasteiger partial charge on any atom is -0.0902 e. The van der Waals surface area contributed by atoms with Crippen molar-refractivity contribution < 1.29 is 0 Å². The Morgan fingerprint density at radius 3 is 1.60 bits per heavy atom. The standard InChI is InChI=1S/C3H6BI/c1-3(2,4)5/h1-2H3. The Hall–Kier alpha value is 0.795. The van der Waals surface area contributed by atoms with E-state index in [1.807, 2.05) is 13.8 Å². The summed E-state index contributed by atoms with van der Waals surface area (Å²) in [6.07, 6.45) is 0. The molecule has 0 saturated carbocycles. The van der Waals surface area contributed by atoms with Crippen molar-refractivity contribution in [3.05, 3.63) is 0 Å². The third-order valence-electron chi connectivity index (χ3n) is 0. The van der Waals surface area contributed by atoms with Crippen LogP contribution in [0.2, 0.25) is 0 Å². The van der Waals surface area contributed by atoms with Crippen LogP contribution >= 0.6 is 22.6 Å². The lowest BCUT2D eigenvalue weighted by atomic mass is 9.92. The van der Waals surface area contributed by atoms with Gasteiger partial charge in [0.1, 0.15) is 0 Å². The Morgan fingerprint density at radius 2 is 1.60 bits per heavy atom. The molecule has 0 aliphatic rings. The van der Waals surface area contributed by atoms with E-state index in [1.165, 1.54) is 0 Å². The highest BCUT2D eigenvalue weighted by Gasteiger charge is 1.98. The van der Waals surface area contributed by atoms with E-state index in [0.717, 1.165) is 0 Å². The molecular weight excluding hydrogens is 174 g/mol. The van der Waals surface area contributed by atoms with Crippen molar-refractivity contribution in [2.75, 3.05) is 0 Å². The van der Waals surface area contributed by atoms with Crippen LogP contribution in [0.1, 0.15) is 13.8 Å². The minimum absolute atomic E-state index is 0.0300. The van der Waals surface area contributed by atoms with Gasteiger partial charge in [-0.05, 0) is 3.32 Å². The maximum Gasteiger partial charge on any atom is 0.0882 e. The van der Waals surface area contributed by atoms with Crippen molar-refractivity contribution >= 4 is 30.4 Å². The average Bonchev–Trinajstić information content (AvgIpc) is 0.722. The van der Waals surface area contributed by atoms with E-state index in [1.54, 1.807) is 0 Å². The first-order valence-corrected chi connectivity index (χ1v) is 2.56. The van der Waals surface area contributed by atoms with Crippen LogP contribution in [0.15, 0.2) is 0 Å². The van der Waals surface area contributed by atoms with Gasteiger partial charge in [0, 0.05) is 0 Å². The first-order valence-electron chi connectivity index (χ1n) is 1.48. The van der Waals surface area contributed by atoms with E-state index < -0.39 is 0 Å². The highest BCUT2D eigenvalue weighted by atomic mass is 127. The maximum atomic E-state index is 5.34.